The van der Waals surface area contributed by atoms with Gasteiger partial charge >= 0.3 is 0 Å². The van der Waals surface area contributed by atoms with E-state index in [1.807, 2.05) is 0 Å². The second kappa shape index (κ2) is 15.4. The van der Waals surface area contributed by atoms with E-state index >= 15 is 0 Å². The van der Waals surface area contributed by atoms with Crippen LogP contribution in [-0.4, -0.2) is 97.6 Å². The molecule has 20 heteroatoms. The van der Waals surface area contributed by atoms with Gasteiger partial charge in [-0.25, -0.2) is 27.5 Å². The summed E-state index contributed by atoms with van der Waals surface area (Å²) in [7, 11) is 0. The summed E-state index contributed by atoms with van der Waals surface area (Å²) in [4.78, 5) is 45.0. The smallest absolute Gasteiger partial charge is 0.282 e. The largest absolute Gasteiger partial charge is 0.350 e. The molecule has 260 valence electrons. The molecular weight excluding hydrogens is 689 g/mol. The maximum Gasteiger partial charge on any atom is 0.282 e. The van der Waals surface area contributed by atoms with E-state index in [0.29, 0.717) is 33.3 Å². The molecule has 0 aromatic carbocycles. The quantitative estimate of drug-likeness (QED) is 0.180. The van der Waals surface area contributed by atoms with Crippen LogP contribution in [0.2, 0.25) is 0 Å². The van der Waals surface area contributed by atoms with Crippen molar-refractivity contribution in [1.82, 2.24) is 40.3 Å². The van der Waals surface area contributed by atoms with Crippen molar-refractivity contribution >= 4 is 56.4 Å². The fourth-order valence-corrected chi connectivity index (χ4v) is 7.49. The van der Waals surface area contributed by atoms with Crippen LogP contribution in [0, 0.1) is 0 Å². The van der Waals surface area contributed by atoms with Gasteiger partial charge in [0, 0.05) is 37.3 Å². The summed E-state index contributed by atoms with van der Waals surface area (Å²) < 4.78 is 52.2. The van der Waals surface area contributed by atoms with Crippen LogP contribution < -0.4 is 20.4 Å². The number of anilines is 4. The number of aromatic nitrogens is 8. The third-order valence-electron chi connectivity index (χ3n) is 7.97. The SMILES string of the molecule is O=C(Cc1cncc(N(CCF)CCF)n1)Nc1nnc([C@H]2CCC[C@H](c3nnc(NC(=O)Cc4cncc(N5CC(F)(F)C5)n4)s3)C2)s1. The Morgan fingerprint density at radius 1 is 0.816 bits per heavy atom. The molecule has 2 atom stereocenters. The molecule has 2 aliphatic rings. The Hall–Kier alpha value is -4.46. The molecular formula is C29H32F4N12O2S2. The third-order valence-corrected chi connectivity index (χ3v) is 9.98. The second-order valence-corrected chi connectivity index (χ2v) is 13.7. The lowest BCUT2D eigenvalue weighted by Crippen LogP contribution is -2.56. The average Bonchev–Trinajstić information content (AvgIpc) is 3.74. The van der Waals surface area contributed by atoms with Crippen molar-refractivity contribution in [2.45, 2.75) is 56.3 Å². The number of amides is 2. The Balaban J connectivity index is 0.997. The lowest BCUT2D eigenvalue weighted by Gasteiger charge is -2.39. The fraction of sp³-hybridized carbons (Fsp3) is 0.517. The summed E-state index contributed by atoms with van der Waals surface area (Å²) in [6.07, 6.45) is 8.92. The van der Waals surface area contributed by atoms with Crippen LogP contribution in [-0.2, 0) is 22.4 Å². The minimum Gasteiger partial charge on any atom is -0.350 e. The summed E-state index contributed by atoms with van der Waals surface area (Å²) in [5, 5.41) is 24.7. The predicted octanol–water partition coefficient (Wildman–Crippen LogP) is 3.97. The molecule has 0 spiro atoms. The number of rotatable bonds is 14. The molecule has 1 aliphatic carbocycles. The topological polar surface area (TPSA) is 168 Å². The van der Waals surface area contributed by atoms with Crippen LogP contribution in [0.3, 0.4) is 0 Å². The molecule has 2 N–H and O–H groups in total. The van der Waals surface area contributed by atoms with Crippen LogP contribution in [0.25, 0.3) is 0 Å². The van der Waals surface area contributed by atoms with Crippen LogP contribution in [0.5, 0.6) is 0 Å². The first-order valence-corrected chi connectivity index (χ1v) is 17.2. The third kappa shape index (κ3) is 8.97. The molecule has 0 radical (unpaired) electrons. The van der Waals surface area contributed by atoms with Crippen molar-refractivity contribution in [2.75, 3.05) is 60.0 Å². The molecule has 1 saturated heterocycles. The van der Waals surface area contributed by atoms with E-state index in [2.05, 4.69) is 51.0 Å². The molecule has 0 unspecified atom stereocenters. The highest BCUT2D eigenvalue weighted by Crippen LogP contribution is 2.43. The lowest BCUT2D eigenvalue weighted by atomic mass is 9.82. The summed E-state index contributed by atoms with van der Waals surface area (Å²) in [5.74, 6) is -2.69. The fourth-order valence-electron chi connectivity index (χ4n) is 5.68. The van der Waals surface area contributed by atoms with Crippen LogP contribution in [0.1, 0.15) is 58.9 Å². The van der Waals surface area contributed by atoms with E-state index < -0.39 is 32.4 Å². The maximum absolute atomic E-state index is 13.2. The van der Waals surface area contributed by atoms with Crippen molar-refractivity contribution in [3.8, 4) is 0 Å². The van der Waals surface area contributed by atoms with Gasteiger partial charge in [-0.2, -0.15) is 0 Å². The van der Waals surface area contributed by atoms with Gasteiger partial charge in [-0.3, -0.25) is 19.6 Å². The van der Waals surface area contributed by atoms with Crippen molar-refractivity contribution in [3.63, 3.8) is 0 Å². The van der Waals surface area contributed by atoms with Gasteiger partial charge in [0.1, 0.15) is 35.0 Å². The Morgan fingerprint density at radius 2 is 1.37 bits per heavy atom. The highest BCUT2D eigenvalue weighted by atomic mass is 32.1. The molecule has 2 fully saturated rings. The standard InChI is InChI=1S/C29H32F4N12O2S2/c30-4-6-44(7-5-31)21-13-34-11-19(36-21)9-23(46)38-27-42-40-25(48-27)17-2-1-3-18(8-17)26-41-43-28(49-26)39-24(47)10-20-12-35-14-22(37-20)45-15-29(32,33)16-45/h11-14,17-18H,1-10,15-16H2,(H,38,42,46)(H,39,43,47)/t17-,18-/m0/s1. The first-order valence-electron chi connectivity index (χ1n) is 15.6. The Labute approximate surface area is 285 Å². The molecule has 2 amide bonds. The number of alkyl halides is 4. The number of hydrogen-bond donors (Lipinski definition) is 2. The van der Waals surface area contributed by atoms with Crippen LogP contribution >= 0.6 is 22.7 Å². The van der Waals surface area contributed by atoms with Crippen molar-refractivity contribution < 1.29 is 27.2 Å². The highest BCUT2D eigenvalue weighted by Gasteiger charge is 2.44. The van der Waals surface area contributed by atoms with E-state index in [-0.39, 0.29) is 49.6 Å². The number of carbonyl (C=O) groups excluding carboxylic acids is 2. The molecule has 1 saturated carbocycles. The van der Waals surface area contributed by atoms with Gasteiger partial charge < -0.3 is 20.4 Å². The summed E-state index contributed by atoms with van der Waals surface area (Å²) in [6, 6.07) is 0. The zero-order valence-corrected chi connectivity index (χ0v) is 27.7. The van der Waals surface area contributed by atoms with Crippen molar-refractivity contribution in [3.05, 3.63) is 46.2 Å². The van der Waals surface area contributed by atoms with Gasteiger partial charge in [0.2, 0.25) is 22.1 Å². The monoisotopic (exact) mass is 720 g/mol. The number of halogens is 4. The van der Waals surface area contributed by atoms with Gasteiger partial charge in [0.25, 0.3) is 5.92 Å². The van der Waals surface area contributed by atoms with Gasteiger partial charge in [0.05, 0.1) is 49.7 Å². The van der Waals surface area contributed by atoms with Crippen LogP contribution in [0.4, 0.5) is 39.5 Å². The Kier molecular flexibility index (Phi) is 10.8. The van der Waals surface area contributed by atoms with Gasteiger partial charge in [0.15, 0.2) is 0 Å². The number of hydrogen-bond acceptors (Lipinski definition) is 14. The van der Waals surface area contributed by atoms with Crippen LogP contribution in [0.15, 0.2) is 24.8 Å². The lowest BCUT2D eigenvalue weighted by molar-refractivity contribution is -0.116. The van der Waals surface area contributed by atoms with Crippen molar-refractivity contribution in [2.24, 2.45) is 0 Å². The number of nitrogens with one attached hydrogen (secondary N) is 2. The van der Waals surface area contributed by atoms with E-state index in [1.54, 1.807) is 0 Å². The minimum absolute atomic E-state index is 0.0262. The molecule has 49 heavy (non-hydrogen) atoms. The van der Waals surface area contributed by atoms with E-state index in [9.17, 15) is 27.2 Å². The summed E-state index contributed by atoms with van der Waals surface area (Å²) in [6.45, 7) is -2.25. The minimum atomic E-state index is -2.74. The first-order chi connectivity index (χ1) is 23.7. The summed E-state index contributed by atoms with van der Waals surface area (Å²) >= 11 is 2.59. The maximum atomic E-state index is 13.2. The number of nitrogens with zero attached hydrogens (tertiary/aromatic N) is 10. The van der Waals surface area contributed by atoms with Gasteiger partial charge in [-0.05, 0) is 19.3 Å². The molecule has 4 aromatic rings. The summed E-state index contributed by atoms with van der Waals surface area (Å²) in [5.41, 5.74) is 0.706. The zero-order valence-electron chi connectivity index (χ0n) is 26.1. The molecule has 1 aliphatic heterocycles. The Bertz CT molecular complexity index is 1750. The van der Waals surface area contributed by atoms with Gasteiger partial charge in [-0.15, -0.1) is 20.4 Å². The molecule has 14 nitrogen and oxygen atoms in total. The highest BCUT2D eigenvalue weighted by molar-refractivity contribution is 7.15. The molecule has 5 heterocycles. The predicted molar refractivity (Wildman–Crippen MR) is 174 cm³/mol. The van der Waals surface area contributed by atoms with Gasteiger partial charge in [-0.1, -0.05) is 29.1 Å². The number of carbonyl (C=O) groups is 2. The van der Waals surface area contributed by atoms with E-state index in [0.717, 1.165) is 35.7 Å². The first kappa shape index (κ1) is 34.4. The van der Waals surface area contributed by atoms with E-state index in [4.69, 9.17) is 0 Å². The zero-order chi connectivity index (χ0) is 34.4. The average molecular weight is 721 g/mol. The van der Waals surface area contributed by atoms with Crippen molar-refractivity contribution in [1.29, 1.82) is 0 Å². The molecule has 0 bridgehead atoms. The normalized spacial score (nSPS) is 18.5. The Morgan fingerprint density at radius 3 is 1.92 bits per heavy atom. The molecule has 6 rings (SSSR count). The van der Waals surface area contributed by atoms with E-state index in [1.165, 1.54) is 57.3 Å². The molecule has 4 aromatic heterocycles. The second-order valence-electron chi connectivity index (χ2n) is 11.7.